The molecule has 36 heavy (non-hydrogen) atoms. The molecule has 4 heterocycles. The average Bonchev–Trinajstić information content (AvgIpc) is 3.32. The fourth-order valence-electron chi connectivity index (χ4n) is 6.39. The average molecular weight is 505 g/mol. The molecule has 9 nitrogen and oxygen atoms in total. The van der Waals surface area contributed by atoms with Gasteiger partial charge in [0, 0.05) is 36.8 Å². The highest BCUT2D eigenvalue weighted by molar-refractivity contribution is 5.85. The number of nitrogens with zero attached hydrogens (tertiary/aromatic N) is 4. The van der Waals surface area contributed by atoms with Gasteiger partial charge in [-0.15, -0.1) is 0 Å². The van der Waals surface area contributed by atoms with Crippen molar-refractivity contribution in [1.29, 1.82) is 5.26 Å². The number of esters is 1. The first kappa shape index (κ1) is 24.5. The molecule has 4 aliphatic rings. The summed E-state index contributed by atoms with van der Waals surface area (Å²) in [6.45, 7) is 0. The van der Waals surface area contributed by atoms with Gasteiger partial charge >= 0.3 is 12.1 Å². The number of amides is 2. The van der Waals surface area contributed by atoms with Crippen LogP contribution in [0.2, 0.25) is 0 Å². The van der Waals surface area contributed by atoms with Gasteiger partial charge in [0.25, 0.3) is 0 Å². The van der Waals surface area contributed by atoms with E-state index < -0.39 is 41.8 Å². The van der Waals surface area contributed by atoms with Gasteiger partial charge in [0.15, 0.2) is 5.72 Å². The molecule has 1 aliphatic carbocycles. The SMILES string of the molecule is N#C[C@@H]1C[C@@H]2C[C@@]2(OC(=O)C(F)(F)F)N1C(=O)[C@@H](N)C1CC2CCC(C1)N2C(=O)Cc1ccncc1. The second-order valence-electron chi connectivity index (χ2n) is 10.2. The number of carbonyl (C=O) groups excluding carboxylic acids is 3. The van der Waals surface area contributed by atoms with Crippen LogP contribution in [-0.4, -0.2) is 68.6 Å². The minimum atomic E-state index is -5.21. The molecule has 2 bridgehead atoms. The predicted octanol–water partition coefficient (Wildman–Crippen LogP) is 1.67. The molecule has 5 rings (SSSR count). The van der Waals surface area contributed by atoms with Crippen molar-refractivity contribution >= 4 is 17.8 Å². The molecule has 3 saturated heterocycles. The molecule has 2 unspecified atom stereocenters. The van der Waals surface area contributed by atoms with Gasteiger partial charge in [0.05, 0.1) is 18.5 Å². The minimum Gasteiger partial charge on any atom is -0.432 e. The van der Waals surface area contributed by atoms with E-state index in [1.165, 1.54) is 0 Å². The van der Waals surface area contributed by atoms with Gasteiger partial charge in [-0.05, 0) is 55.7 Å². The fourth-order valence-corrected chi connectivity index (χ4v) is 6.39. The van der Waals surface area contributed by atoms with Crippen LogP contribution < -0.4 is 5.73 Å². The second kappa shape index (κ2) is 8.73. The molecule has 3 aliphatic heterocycles. The third kappa shape index (κ3) is 4.09. The number of rotatable bonds is 5. The molecule has 0 radical (unpaired) electrons. The molecule has 0 spiro atoms. The van der Waals surface area contributed by atoms with Gasteiger partial charge in [-0.2, -0.15) is 18.4 Å². The van der Waals surface area contributed by atoms with E-state index in [9.17, 15) is 32.8 Å². The quantitative estimate of drug-likeness (QED) is 0.603. The first-order valence-corrected chi connectivity index (χ1v) is 12.0. The van der Waals surface area contributed by atoms with Crippen molar-refractivity contribution in [1.82, 2.24) is 14.8 Å². The van der Waals surface area contributed by atoms with Gasteiger partial charge in [0.2, 0.25) is 11.8 Å². The van der Waals surface area contributed by atoms with Gasteiger partial charge < -0.3 is 15.4 Å². The molecular weight excluding hydrogens is 479 g/mol. The van der Waals surface area contributed by atoms with Crippen LogP contribution >= 0.6 is 0 Å². The number of nitriles is 1. The van der Waals surface area contributed by atoms with Crippen LogP contribution in [0.15, 0.2) is 24.5 Å². The molecule has 2 amide bonds. The van der Waals surface area contributed by atoms with Crippen molar-refractivity contribution in [2.24, 2.45) is 17.6 Å². The molecule has 192 valence electrons. The predicted molar refractivity (Wildman–Crippen MR) is 116 cm³/mol. The van der Waals surface area contributed by atoms with Gasteiger partial charge in [-0.1, -0.05) is 0 Å². The van der Waals surface area contributed by atoms with Crippen LogP contribution in [-0.2, 0) is 25.5 Å². The number of ether oxygens (including phenoxy) is 1. The van der Waals surface area contributed by atoms with Gasteiger partial charge in [-0.3, -0.25) is 19.5 Å². The number of nitrogens with two attached hydrogens (primary N) is 1. The third-order valence-corrected chi connectivity index (χ3v) is 8.09. The van der Waals surface area contributed by atoms with E-state index in [2.05, 4.69) is 4.98 Å². The van der Waals surface area contributed by atoms with Crippen molar-refractivity contribution in [3.63, 3.8) is 0 Å². The number of carbonyl (C=O) groups is 3. The number of pyridine rings is 1. The highest BCUT2D eigenvalue weighted by Crippen LogP contribution is 2.59. The Hall–Kier alpha value is -3.20. The van der Waals surface area contributed by atoms with Crippen molar-refractivity contribution in [2.45, 2.75) is 81.0 Å². The van der Waals surface area contributed by atoms with Crippen molar-refractivity contribution in [2.75, 3.05) is 0 Å². The van der Waals surface area contributed by atoms with Gasteiger partial charge in [-0.25, -0.2) is 4.79 Å². The lowest BCUT2D eigenvalue weighted by Crippen LogP contribution is -2.58. The smallest absolute Gasteiger partial charge is 0.432 e. The number of piperidine rings is 2. The molecular formula is C24H26F3N5O4. The molecule has 1 saturated carbocycles. The van der Waals surface area contributed by atoms with E-state index in [1.807, 2.05) is 11.0 Å². The summed E-state index contributed by atoms with van der Waals surface area (Å²) in [5, 5.41) is 9.54. The number of fused-ring (bicyclic) bond motifs is 3. The van der Waals surface area contributed by atoms with E-state index in [4.69, 9.17) is 10.5 Å². The van der Waals surface area contributed by atoms with Gasteiger partial charge in [0.1, 0.15) is 6.04 Å². The molecule has 12 heteroatoms. The Morgan fingerprint density at radius 1 is 1.19 bits per heavy atom. The molecule has 1 aromatic heterocycles. The third-order valence-electron chi connectivity index (χ3n) is 8.09. The zero-order chi connectivity index (χ0) is 25.8. The minimum absolute atomic E-state index is 0.00465. The Labute approximate surface area is 205 Å². The van der Waals surface area contributed by atoms with E-state index in [0.29, 0.717) is 12.8 Å². The van der Waals surface area contributed by atoms with Crippen LogP contribution in [0.5, 0.6) is 0 Å². The zero-order valence-electron chi connectivity index (χ0n) is 19.4. The van der Waals surface area contributed by atoms with Crippen LogP contribution in [0.4, 0.5) is 13.2 Å². The Morgan fingerprint density at radius 3 is 2.42 bits per heavy atom. The summed E-state index contributed by atoms with van der Waals surface area (Å²) in [6, 6.07) is 3.26. The van der Waals surface area contributed by atoms with E-state index in [-0.39, 0.29) is 43.2 Å². The number of alkyl halides is 3. The lowest BCUT2D eigenvalue weighted by molar-refractivity contribution is -0.217. The van der Waals surface area contributed by atoms with Crippen LogP contribution in [0, 0.1) is 23.2 Å². The molecule has 1 aromatic rings. The summed E-state index contributed by atoms with van der Waals surface area (Å²) in [4.78, 5) is 44.9. The molecule has 2 N–H and O–H groups in total. The van der Waals surface area contributed by atoms with E-state index in [1.54, 1.807) is 24.5 Å². The van der Waals surface area contributed by atoms with Crippen molar-refractivity contribution in [3.8, 4) is 6.07 Å². The maximum atomic E-state index is 13.5. The topological polar surface area (TPSA) is 130 Å². The number of hydrogen-bond acceptors (Lipinski definition) is 7. The lowest BCUT2D eigenvalue weighted by atomic mass is 9.84. The summed E-state index contributed by atoms with van der Waals surface area (Å²) >= 11 is 0. The largest absolute Gasteiger partial charge is 0.491 e. The summed E-state index contributed by atoms with van der Waals surface area (Å²) in [5.74, 6) is -3.90. The Balaban J connectivity index is 1.28. The molecule has 6 atom stereocenters. The van der Waals surface area contributed by atoms with Crippen molar-refractivity contribution in [3.05, 3.63) is 30.1 Å². The standard InChI is InChI=1S/C24H26F3N5O4/c25-24(26,27)22(35)36-23-11-15(23)10-18(12-28)32(23)21(34)20(29)14-8-16-1-2-17(9-14)31(16)19(33)7-13-3-5-30-6-4-13/h3-6,14-18,20H,1-2,7-11,29H2/t14?,15-,16?,17?,18+,20+,23+/m1/s1. The van der Waals surface area contributed by atoms with Crippen LogP contribution in [0.1, 0.15) is 44.1 Å². The summed E-state index contributed by atoms with van der Waals surface area (Å²) in [7, 11) is 0. The first-order valence-electron chi connectivity index (χ1n) is 12.0. The van der Waals surface area contributed by atoms with Crippen molar-refractivity contribution < 1.29 is 32.3 Å². The maximum absolute atomic E-state index is 13.5. The fraction of sp³-hybridized carbons (Fsp3) is 0.625. The zero-order valence-corrected chi connectivity index (χ0v) is 19.4. The number of likely N-dealkylation sites (tertiary alicyclic amines) is 1. The van der Waals surface area contributed by atoms with E-state index >= 15 is 0 Å². The summed E-state index contributed by atoms with van der Waals surface area (Å²) < 4.78 is 43.4. The number of aromatic nitrogens is 1. The summed E-state index contributed by atoms with van der Waals surface area (Å²) in [5.41, 5.74) is 5.47. The second-order valence-corrected chi connectivity index (χ2v) is 10.2. The molecule has 0 aromatic carbocycles. The molecule has 4 fully saturated rings. The highest BCUT2D eigenvalue weighted by atomic mass is 19.4. The monoisotopic (exact) mass is 505 g/mol. The first-order chi connectivity index (χ1) is 17.0. The maximum Gasteiger partial charge on any atom is 0.491 e. The Morgan fingerprint density at radius 2 is 1.83 bits per heavy atom. The Kier molecular flexibility index (Phi) is 5.94. The lowest BCUT2D eigenvalue weighted by Gasteiger charge is -2.42. The number of hydrogen-bond donors (Lipinski definition) is 1. The number of halogens is 3. The van der Waals surface area contributed by atoms with Crippen LogP contribution in [0.3, 0.4) is 0 Å². The Bertz CT molecular complexity index is 1100. The van der Waals surface area contributed by atoms with Crippen LogP contribution in [0.25, 0.3) is 0 Å². The summed E-state index contributed by atoms with van der Waals surface area (Å²) in [6.07, 6.45) is 1.01. The normalized spacial score (nSPS) is 33.5. The van der Waals surface area contributed by atoms with E-state index in [0.717, 1.165) is 23.3 Å². The highest BCUT2D eigenvalue weighted by Gasteiger charge is 2.72.